The number of esters is 1. The molecular formula is C20H16ClN3O10. The summed E-state index contributed by atoms with van der Waals surface area (Å²) in [7, 11) is 1.17. The highest BCUT2D eigenvalue weighted by Gasteiger charge is 2.35. The highest BCUT2D eigenvalue weighted by Crippen LogP contribution is 2.37. The standard InChI is InChI=1S/C20H16ClN3O10/c1-9(18(26)27)33-16-12(21)5-10(7-14(16)24(30)31)6-13-17(25)23(20(29)22-13)8-11-3-4-15(34-11)19(28)32-2/h3-7,9H,8H2,1-2H3,(H,22,29)(H,26,27). The van der Waals surface area contributed by atoms with Gasteiger partial charge in [-0.05, 0) is 36.8 Å². The van der Waals surface area contributed by atoms with Gasteiger partial charge in [0.25, 0.3) is 5.91 Å². The Bertz CT molecular complexity index is 1240. The summed E-state index contributed by atoms with van der Waals surface area (Å²) in [6, 6.07) is 4.16. The summed E-state index contributed by atoms with van der Waals surface area (Å²) in [6.07, 6.45) is -0.253. The van der Waals surface area contributed by atoms with Gasteiger partial charge in [-0.15, -0.1) is 0 Å². The predicted molar refractivity (Wildman–Crippen MR) is 113 cm³/mol. The van der Waals surface area contributed by atoms with Crippen molar-refractivity contribution in [2.75, 3.05) is 7.11 Å². The Balaban J connectivity index is 1.86. The van der Waals surface area contributed by atoms with Gasteiger partial charge < -0.3 is 24.3 Å². The van der Waals surface area contributed by atoms with Gasteiger partial charge in [0.2, 0.25) is 11.5 Å². The average Bonchev–Trinajstić information content (AvgIpc) is 3.35. The third kappa shape index (κ3) is 4.99. The lowest BCUT2D eigenvalue weighted by atomic mass is 10.1. The zero-order chi connectivity index (χ0) is 25.2. The quantitative estimate of drug-likeness (QED) is 0.182. The first-order valence-corrected chi connectivity index (χ1v) is 9.78. The minimum Gasteiger partial charge on any atom is -0.479 e. The number of nitrogens with one attached hydrogen (secondary N) is 1. The summed E-state index contributed by atoms with van der Waals surface area (Å²) in [4.78, 5) is 58.9. The van der Waals surface area contributed by atoms with Gasteiger partial charge in [-0.3, -0.25) is 19.8 Å². The van der Waals surface area contributed by atoms with E-state index in [1.807, 2.05) is 0 Å². The van der Waals surface area contributed by atoms with Crippen LogP contribution in [0.2, 0.25) is 5.02 Å². The van der Waals surface area contributed by atoms with E-state index in [0.717, 1.165) is 17.0 Å². The second-order valence-electron chi connectivity index (χ2n) is 6.84. The number of urea groups is 1. The number of hydrogen-bond donors (Lipinski definition) is 2. The molecule has 0 aliphatic carbocycles. The number of benzene rings is 1. The normalized spacial score (nSPS) is 15.3. The molecule has 13 nitrogen and oxygen atoms in total. The second kappa shape index (κ2) is 9.62. The van der Waals surface area contributed by atoms with Crippen LogP contribution in [-0.2, 0) is 20.9 Å². The summed E-state index contributed by atoms with van der Waals surface area (Å²) < 4.78 is 14.9. The van der Waals surface area contributed by atoms with Crippen LogP contribution in [0.4, 0.5) is 10.5 Å². The molecule has 0 saturated carbocycles. The minimum absolute atomic E-state index is 0.0727. The summed E-state index contributed by atoms with van der Waals surface area (Å²) in [5.41, 5.74) is -0.766. The topological polar surface area (TPSA) is 179 Å². The van der Waals surface area contributed by atoms with Crippen molar-refractivity contribution in [3.8, 4) is 5.75 Å². The first kappa shape index (κ1) is 24.3. The van der Waals surface area contributed by atoms with Crippen LogP contribution >= 0.6 is 11.6 Å². The smallest absolute Gasteiger partial charge is 0.373 e. The Labute approximate surface area is 195 Å². The number of nitrogens with zero attached hydrogens (tertiary/aromatic N) is 2. The van der Waals surface area contributed by atoms with Crippen LogP contribution in [-0.4, -0.2) is 52.0 Å². The van der Waals surface area contributed by atoms with Crippen molar-refractivity contribution in [3.05, 3.63) is 62.2 Å². The fourth-order valence-corrected chi connectivity index (χ4v) is 3.14. The van der Waals surface area contributed by atoms with E-state index in [-0.39, 0.29) is 34.3 Å². The molecule has 1 fully saturated rings. The summed E-state index contributed by atoms with van der Waals surface area (Å²) in [5.74, 6) is -3.27. The molecule has 2 heterocycles. The molecule has 0 radical (unpaired) electrons. The van der Waals surface area contributed by atoms with Crippen LogP contribution in [0.5, 0.6) is 5.75 Å². The number of ether oxygens (including phenoxy) is 2. The van der Waals surface area contributed by atoms with E-state index < -0.39 is 46.3 Å². The van der Waals surface area contributed by atoms with Crippen LogP contribution < -0.4 is 10.1 Å². The number of halogens is 1. The van der Waals surface area contributed by atoms with Gasteiger partial charge in [-0.25, -0.2) is 14.4 Å². The molecule has 1 aliphatic rings. The van der Waals surface area contributed by atoms with Crippen LogP contribution in [0.1, 0.15) is 28.8 Å². The molecule has 0 bridgehead atoms. The van der Waals surface area contributed by atoms with E-state index in [1.165, 1.54) is 32.2 Å². The Hall–Kier alpha value is -4.39. The number of hydrogen-bond acceptors (Lipinski definition) is 9. The lowest BCUT2D eigenvalue weighted by Gasteiger charge is -2.12. The van der Waals surface area contributed by atoms with E-state index in [4.69, 9.17) is 25.9 Å². The van der Waals surface area contributed by atoms with Crippen LogP contribution in [0.25, 0.3) is 6.08 Å². The van der Waals surface area contributed by atoms with Crippen molar-refractivity contribution < 1.29 is 43.1 Å². The second-order valence-corrected chi connectivity index (χ2v) is 7.25. The third-order valence-electron chi connectivity index (χ3n) is 4.52. The number of rotatable bonds is 8. The molecule has 3 amide bonds. The Kier molecular flexibility index (Phi) is 6.86. The van der Waals surface area contributed by atoms with E-state index in [2.05, 4.69) is 10.1 Å². The highest BCUT2D eigenvalue weighted by molar-refractivity contribution is 6.32. The lowest BCUT2D eigenvalue weighted by Crippen LogP contribution is -2.30. The number of furan rings is 1. The van der Waals surface area contributed by atoms with E-state index >= 15 is 0 Å². The number of carbonyl (C=O) groups is 4. The summed E-state index contributed by atoms with van der Waals surface area (Å²) in [6.45, 7) is 0.881. The van der Waals surface area contributed by atoms with Crippen LogP contribution in [0.3, 0.4) is 0 Å². The molecule has 14 heteroatoms. The SMILES string of the molecule is COC(=O)c1ccc(CN2C(=O)NC(=Cc3cc(Cl)c(OC(C)C(=O)O)c([N+](=O)[O-])c3)C2=O)o1. The van der Waals surface area contributed by atoms with Crippen LogP contribution in [0.15, 0.2) is 34.4 Å². The molecule has 178 valence electrons. The van der Waals surface area contributed by atoms with Crippen molar-refractivity contribution in [1.29, 1.82) is 0 Å². The van der Waals surface area contributed by atoms with Crippen molar-refractivity contribution in [3.63, 3.8) is 0 Å². The first-order chi connectivity index (χ1) is 16.0. The van der Waals surface area contributed by atoms with Crippen molar-refractivity contribution in [2.45, 2.75) is 19.6 Å². The molecule has 3 rings (SSSR count). The number of imide groups is 1. The number of nitro groups is 1. The lowest BCUT2D eigenvalue weighted by molar-refractivity contribution is -0.386. The molecular weight excluding hydrogens is 478 g/mol. The monoisotopic (exact) mass is 493 g/mol. The molecule has 1 aliphatic heterocycles. The van der Waals surface area contributed by atoms with Gasteiger partial charge in [0, 0.05) is 6.07 Å². The first-order valence-electron chi connectivity index (χ1n) is 9.40. The molecule has 0 spiro atoms. The number of nitro benzene ring substituents is 1. The maximum Gasteiger partial charge on any atom is 0.373 e. The van der Waals surface area contributed by atoms with Gasteiger partial charge in [-0.1, -0.05) is 11.6 Å². The van der Waals surface area contributed by atoms with Gasteiger partial charge >= 0.3 is 23.7 Å². The van der Waals surface area contributed by atoms with Gasteiger partial charge in [-0.2, -0.15) is 0 Å². The van der Waals surface area contributed by atoms with Crippen molar-refractivity contribution in [1.82, 2.24) is 10.2 Å². The fraction of sp³-hybridized carbons (Fsp3) is 0.200. The fourth-order valence-electron chi connectivity index (χ4n) is 2.87. The summed E-state index contributed by atoms with van der Waals surface area (Å²) >= 11 is 6.07. The molecule has 1 atom stereocenters. The van der Waals surface area contributed by atoms with E-state index in [9.17, 15) is 29.3 Å². The predicted octanol–water partition coefficient (Wildman–Crippen LogP) is 2.57. The number of carboxylic acid groups (broad SMARTS) is 1. The van der Waals surface area contributed by atoms with E-state index in [1.54, 1.807) is 0 Å². The number of aliphatic carboxylic acids is 1. The Morgan fingerprint density at radius 2 is 2.06 bits per heavy atom. The number of carboxylic acids is 1. The minimum atomic E-state index is -1.41. The molecule has 2 aromatic rings. The molecule has 1 aromatic carbocycles. The van der Waals surface area contributed by atoms with Gasteiger partial charge in [0.15, 0.2) is 6.10 Å². The molecule has 1 unspecified atom stereocenters. The van der Waals surface area contributed by atoms with Crippen LogP contribution in [0, 0.1) is 10.1 Å². The molecule has 1 saturated heterocycles. The zero-order valence-corrected chi connectivity index (χ0v) is 18.3. The largest absolute Gasteiger partial charge is 0.479 e. The van der Waals surface area contributed by atoms with Gasteiger partial charge in [0.05, 0.1) is 23.6 Å². The molecule has 1 aromatic heterocycles. The van der Waals surface area contributed by atoms with Gasteiger partial charge in [0.1, 0.15) is 11.5 Å². The molecule has 2 N–H and O–H groups in total. The highest BCUT2D eigenvalue weighted by atomic mass is 35.5. The maximum atomic E-state index is 12.7. The van der Waals surface area contributed by atoms with Crippen molar-refractivity contribution >= 4 is 47.2 Å². The maximum absolute atomic E-state index is 12.7. The zero-order valence-electron chi connectivity index (χ0n) is 17.6. The van der Waals surface area contributed by atoms with E-state index in [0.29, 0.717) is 0 Å². The average molecular weight is 494 g/mol. The number of carbonyl (C=O) groups excluding carboxylic acids is 3. The molecule has 34 heavy (non-hydrogen) atoms. The Morgan fingerprint density at radius 1 is 1.35 bits per heavy atom. The number of methoxy groups -OCH3 is 1. The Morgan fingerprint density at radius 3 is 2.68 bits per heavy atom. The van der Waals surface area contributed by atoms with Crippen molar-refractivity contribution in [2.24, 2.45) is 0 Å². The third-order valence-corrected chi connectivity index (χ3v) is 4.80. The number of amides is 3. The summed E-state index contributed by atoms with van der Waals surface area (Å²) in [5, 5.41) is 22.5.